The molecule has 3 nitrogen and oxygen atoms in total. The van der Waals surface area contributed by atoms with Crippen molar-refractivity contribution >= 4 is 5.97 Å². The van der Waals surface area contributed by atoms with Crippen LogP contribution in [0.25, 0.3) is 0 Å². The first kappa shape index (κ1) is 8.39. The van der Waals surface area contributed by atoms with Crippen molar-refractivity contribution in [1.29, 1.82) is 0 Å². The van der Waals surface area contributed by atoms with Crippen molar-refractivity contribution in [3.63, 3.8) is 0 Å². The highest BCUT2D eigenvalue weighted by molar-refractivity contribution is 5.69. The van der Waals surface area contributed by atoms with Gasteiger partial charge in [-0.2, -0.15) is 0 Å². The molecule has 2 atom stereocenters. The lowest BCUT2D eigenvalue weighted by Crippen LogP contribution is -2.27. The van der Waals surface area contributed by atoms with Gasteiger partial charge in [0.1, 0.15) is 12.3 Å². The van der Waals surface area contributed by atoms with Gasteiger partial charge in [-0.25, -0.2) is 8.78 Å². The Morgan fingerprint density at radius 1 is 1.45 bits per heavy atom. The minimum absolute atomic E-state index is 0.104. The van der Waals surface area contributed by atoms with Crippen LogP contribution in [0.4, 0.5) is 8.78 Å². The Balaban J connectivity index is 2.35. The average Bonchev–Trinajstić information content (AvgIpc) is 2.10. The molecule has 0 radical (unpaired) electrons. The highest BCUT2D eigenvalue weighted by atomic mass is 19.2. The summed E-state index contributed by atoms with van der Waals surface area (Å²) < 4.78 is 24.8. The number of hydrogen-bond acceptors (Lipinski definition) is 2. The first-order valence-electron chi connectivity index (χ1n) is 3.32. The van der Waals surface area contributed by atoms with Gasteiger partial charge in [-0.1, -0.05) is 0 Å². The largest absolute Gasteiger partial charge is 0.480 e. The van der Waals surface area contributed by atoms with Crippen LogP contribution in [0.3, 0.4) is 0 Å². The van der Waals surface area contributed by atoms with Gasteiger partial charge in [0, 0.05) is 13.1 Å². The van der Waals surface area contributed by atoms with E-state index in [1.807, 2.05) is 0 Å². The SMILES string of the molecule is O=C(O)CN1C[C@@H](F)[C@H](F)C1. The zero-order valence-electron chi connectivity index (χ0n) is 5.83. The van der Waals surface area contributed by atoms with E-state index in [2.05, 4.69) is 0 Å². The lowest BCUT2D eigenvalue weighted by molar-refractivity contribution is -0.138. The van der Waals surface area contributed by atoms with Gasteiger partial charge in [0.15, 0.2) is 0 Å². The molecule has 0 aliphatic carbocycles. The molecule has 1 saturated heterocycles. The normalized spacial score (nSPS) is 32.5. The molecule has 0 aromatic heterocycles. The number of halogens is 2. The van der Waals surface area contributed by atoms with E-state index in [0.29, 0.717) is 0 Å². The topological polar surface area (TPSA) is 40.5 Å². The number of carboxylic acid groups (broad SMARTS) is 1. The van der Waals surface area contributed by atoms with Gasteiger partial charge in [-0.3, -0.25) is 9.69 Å². The molecule has 0 unspecified atom stereocenters. The van der Waals surface area contributed by atoms with Crippen LogP contribution in [-0.4, -0.2) is 48.0 Å². The number of hydrogen-bond donors (Lipinski definition) is 1. The van der Waals surface area contributed by atoms with Crippen molar-refractivity contribution in [1.82, 2.24) is 4.90 Å². The van der Waals surface area contributed by atoms with Gasteiger partial charge in [0.05, 0.1) is 6.54 Å². The van der Waals surface area contributed by atoms with Crippen LogP contribution in [0.5, 0.6) is 0 Å². The number of alkyl halides is 2. The van der Waals surface area contributed by atoms with Crippen molar-refractivity contribution in [3.8, 4) is 0 Å². The smallest absolute Gasteiger partial charge is 0.317 e. The molecule has 0 amide bonds. The molecular formula is C6H9F2NO2. The fourth-order valence-corrected chi connectivity index (χ4v) is 1.12. The van der Waals surface area contributed by atoms with E-state index >= 15 is 0 Å². The number of likely N-dealkylation sites (tertiary alicyclic amines) is 1. The molecule has 1 rings (SSSR count). The second-order valence-electron chi connectivity index (χ2n) is 2.62. The lowest BCUT2D eigenvalue weighted by atomic mass is 10.3. The predicted molar refractivity (Wildman–Crippen MR) is 33.9 cm³/mol. The summed E-state index contributed by atoms with van der Waals surface area (Å²) in [5.74, 6) is -1.05. The van der Waals surface area contributed by atoms with Crippen LogP contribution in [-0.2, 0) is 4.79 Å². The minimum atomic E-state index is -1.52. The van der Waals surface area contributed by atoms with E-state index in [1.54, 1.807) is 0 Å². The molecule has 11 heavy (non-hydrogen) atoms. The van der Waals surface area contributed by atoms with Crippen LogP contribution >= 0.6 is 0 Å². The quantitative estimate of drug-likeness (QED) is 0.629. The summed E-state index contributed by atoms with van der Waals surface area (Å²) in [7, 11) is 0. The van der Waals surface area contributed by atoms with Crippen molar-refractivity contribution in [2.24, 2.45) is 0 Å². The molecule has 1 N–H and O–H groups in total. The summed E-state index contributed by atoms with van der Waals surface area (Å²) in [4.78, 5) is 11.3. The number of nitrogens with zero attached hydrogens (tertiary/aromatic N) is 1. The molecule has 1 aliphatic rings. The van der Waals surface area contributed by atoms with Crippen LogP contribution in [0.2, 0.25) is 0 Å². The van der Waals surface area contributed by atoms with Crippen LogP contribution < -0.4 is 0 Å². The molecule has 5 heteroatoms. The molecule has 1 fully saturated rings. The van der Waals surface area contributed by atoms with E-state index in [1.165, 1.54) is 4.90 Å². The number of carboxylic acids is 1. The molecule has 0 aromatic rings. The third kappa shape index (κ3) is 2.11. The van der Waals surface area contributed by atoms with E-state index in [4.69, 9.17) is 5.11 Å². The highest BCUT2D eigenvalue weighted by Gasteiger charge is 2.33. The standard InChI is InChI=1S/C6H9F2NO2/c7-4-1-9(2-5(4)8)3-6(10)11/h4-5H,1-3H2,(H,10,11)/t4-,5-/m1/s1. The van der Waals surface area contributed by atoms with Gasteiger partial charge >= 0.3 is 5.97 Å². The fraction of sp³-hybridized carbons (Fsp3) is 0.833. The Kier molecular flexibility index (Phi) is 2.38. The monoisotopic (exact) mass is 165 g/mol. The summed E-state index contributed by atoms with van der Waals surface area (Å²) in [6.07, 6.45) is -3.04. The number of aliphatic carboxylic acids is 1. The maximum atomic E-state index is 12.4. The van der Waals surface area contributed by atoms with Crippen molar-refractivity contribution < 1.29 is 18.7 Å². The van der Waals surface area contributed by atoms with Gasteiger partial charge in [0.25, 0.3) is 0 Å². The zero-order valence-corrected chi connectivity index (χ0v) is 5.83. The van der Waals surface area contributed by atoms with Crippen molar-refractivity contribution in [2.45, 2.75) is 12.3 Å². The summed E-state index contributed by atoms with van der Waals surface area (Å²) >= 11 is 0. The van der Waals surface area contributed by atoms with Crippen LogP contribution in [0, 0.1) is 0 Å². The average molecular weight is 165 g/mol. The van der Waals surface area contributed by atoms with Crippen molar-refractivity contribution in [2.75, 3.05) is 19.6 Å². The van der Waals surface area contributed by atoms with Crippen LogP contribution in [0.1, 0.15) is 0 Å². The summed E-state index contributed by atoms with van der Waals surface area (Å²) in [6.45, 7) is -0.484. The van der Waals surface area contributed by atoms with Gasteiger partial charge < -0.3 is 5.11 Å². The van der Waals surface area contributed by atoms with E-state index < -0.39 is 18.3 Å². The molecule has 0 spiro atoms. The minimum Gasteiger partial charge on any atom is -0.480 e. The molecule has 1 heterocycles. The first-order valence-corrected chi connectivity index (χ1v) is 3.32. The Morgan fingerprint density at radius 2 is 1.91 bits per heavy atom. The second-order valence-corrected chi connectivity index (χ2v) is 2.62. The summed E-state index contributed by atoms with van der Waals surface area (Å²) in [6, 6.07) is 0. The summed E-state index contributed by atoms with van der Waals surface area (Å²) in [5.41, 5.74) is 0. The van der Waals surface area contributed by atoms with Gasteiger partial charge in [-0.05, 0) is 0 Å². The molecule has 1 aliphatic heterocycles. The molecule has 0 bridgehead atoms. The van der Waals surface area contributed by atoms with E-state index in [9.17, 15) is 13.6 Å². The van der Waals surface area contributed by atoms with E-state index in [-0.39, 0.29) is 19.6 Å². The number of carbonyl (C=O) groups is 1. The Bertz CT molecular complexity index is 155. The Labute approximate surface area is 62.6 Å². The molecule has 0 saturated carbocycles. The Morgan fingerprint density at radius 3 is 2.27 bits per heavy atom. The third-order valence-corrected chi connectivity index (χ3v) is 1.62. The maximum absolute atomic E-state index is 12.4. The first-order chi connectivity index (χ1) is 5.09. The number of rotatable bonds is 2. The predicted octanol–water partition coefficient (Wildman–Crippen LogP) is 0.0628. The molecular weight excluding hydrogens is 156 g/mol. The zero-order chi connectivity index (χ0) is 8.43. The Hall–Kier alpha value is -0.710. The van der Waals surface area contributed by atoms with Crippen molar-refractivity contribution in [3.05, 3.63) is 0 Å². The van der Waals surface area contributed by atoms with Gasteiger partial charge in [-0.15, -0.1) is 0 Å². The summed E-state index contributed by atoms with van der Waals surface area (Å²) in [5, 5.41) is 8.26. The second kappa shape index (κ2) is 3.13. The third-order valence-electron chi connectivity index (χ3n) is 1.62. The fourth-order valence-electron chi connectivity index (χ4n) is 1.12. The molecule has 64 valence electrons. The van der Waals surface area contributed by atoms with Gasteiger partial charge in [0.2, 0.25) is 0 Å². The lowest BCUT2D eigenvalue weighted by Gasteiger charge is -2.09. The van der Waals surface area contributed by atoms with Crippen LogP contribution in [0.15, 0.2) is 0 Å². The highest BCUT2D eigenvalue weighted by Crippen LogP contribution is 2.15. The van der Waals surface area contributed by atoms with E-state index in [0.717, 1.165) is 0 Å². The maximum Gasteiger partial charge on any atom is 0.317 e. The molecule has 0 aromatic carbocycles.